The third-order valence-corrected chi connectivity index (χ3v) is 4.13. The van der Waals surface area contributed by atoms with Crippen LogP contribution in [0.2, 0.25) is 0 Å². The summed E-state index contributed by atoms with van der Waals surface area (Å²) < 4.78 is 28.8. The van der Waals surface area contributed by atoms with E-state index in [1.54, 1.807) is 12.1 Å². The van der Waals surface area contributed by atoms with Crippen molar-refractivity contribution in [2.24, 2.45) is 5.73 Å². The molecule has 4 nitrogen and oxygen atoms in total. The van der Waals surface area contributed by atoms with Crippen molar-refractivity contribution < 1.29 is 11.9 Å². The molecule has 1 rings (SSSR count). The van der Waals surface area contributed by atoms with E-state index in [1.807, 2.05) is 6.92 Å². The summed E-state index contributed by atoms with van der Waals surface area (Å²) in [4.78, 5) is 0. The first-order valence-corrected chi connectivity index (χ1v) is 7.75. The van der Waals surface area contributed by atoms with Crippen LogP contribution in [0.3, 0.4) is 0 Å². The van der Waals surface area contributed by atoms with Crippen LogP contribution in [-0.4, -0.2) is 22.4 Å². The van der Waals surface area contributed by atoms with E-state index in [0.29, 0.717) is 0 Å². The summed E-state index contributed by atoms with van der Waals surface area (Å²) in [7, 11) is 0. The molecule has 5 heteroatoms. The summed E-state index contributed by atoms with van der Waals surface area (Å²) in [5, 5.41) is 0. The number of hydrogen-bond donors (Lipinski definition) is 3. The van der Waals surface area contributed by atoms with Crippen LogP contribution in [0.25, 0.3) is 0 Å². The first-order chi connectivity index (χ1) is 6.45. The molecule has 0 bridgehead atoms. The maximum absolute atomic E-state index is 10.9. The van der Waals surface area contributed by atoms with E-state index in [2.05, 4.69) is 0 Å². The molecule has 0 aliphatic heterocycles. The number of rotatable bonds is 3. The van der Waals surface area contributed by atoms with Crippen molar-refractivity contribution >= 4 is 18.5 Å². The minimum absolute atomic E-state index is 0.0619. The van der Waals surface area contributed by atoms with Crippen molar-refractivity contribution in [3.8, 4) is 0 Å². The Hall–Kier alpha value is -0.542. The fourth-order valence-corrected chi connectivity index (χ4v) is 2.28. The second-order valence-corrected chi connectivity index (χ2v) is 6.52. The third-order valence-electron chi connectivity index (χ3n) is 2.10. The van der Waals surface area contributed by atoms with Gasteiger partial charge in [-0.15, -0.1) is 0 Å². The molecule has 0 aliphatic rings. The Bertz CT molecular complexity index is 344. The van der Waals surface area contributed by atoms with Crippen molar-refractivity contribution in [1.29, 1.82) is 0 Å². The van der Waals surface area contributed by atoms with Gasteiger partial charge in [-0.05, 0) is 0 Å². The number of hydrogen-bond acceptors (Lipinski definition) is 2. The number of nitrogens with two attached hydrogens (primary N) is 1. The quantitative estimate of drug-likeness (QED) is 0.648. The monoisotopic (exact) mass is 259 g/mol. The van der Waals surface area contributed by atoms with Gasteiger partial charge in [-0.1, -0.05) is 0 Å². The van der Waals surface area contributed by atoms with E-state index in [1.165, 1.54) is 12.1 Å². The van der Waals surface area contributed by atoms with Gasteiger partial charge in [0.1, 0.15) is 0 Å². The SMILES string of the molecule is CCC(N)c1ccc([As](=O)(O)O)cc1. The molecule has 0 saturated heterocycles. The Kier molecular flexibility index (Phi) is 3.56. The molecule has 1 aromatic rings. The number of benzene rings is 1. The molecular formula is C9H14AsNO3. The Morgan fingerprint density at radius 2 is 1.86 bits per heavy atom. The van der Waals surface area contributed by atoms with Crippen molar-refractivity contribution in [3.05, 3.63) is 29.8 Å². The molecule has 78 valence electrons. The van der Waals surface area contributed by atoms with Crippen LogP contribution >= 0.6 is 0 Å². The molecule has 1 aromatic carbocycles. The van der Waals surface area contributed by atoms with Gasteiger partial charge in [0.05, 0.1) is 0 Å². The Morgan fingerprint density at radius 3 is 2.21 bits per heavy atom. The average molecular weight is 259 g/mol. The van der Waals surface area contributed by atoms with Crippen LogP contribution < -0.4 is 10.1 Å². The van der Waals surface area contributed by atoms with Crippen molar-refractivity contribution in [3.63, 3.8) is 0 Å². The predicted molar refractivity (Wildman–Crippen MR) is 54.2 cm³/mol. The van der Waals surface area contributed by atoms with E-state index < -0.39 is 14.2 Å². The van der Waals surface area contributed by atoms with Gasteiger partial charge in [0.15, 0.2) is 0 Å². The summed E-state index contributed by atoms with van der Waals surface area (Å²) in [5.41, 5.74) is 6.67. The van der Waals surface area contributed by atoms with Gasteiger partial charge in [0.2, 0.25) is 0 Å². The zero-order valence-electron chi connectivity index (χ0n) is 7.92. The molecule has 4 N–H and O–H groups in total. The molecule has 14 heavy (non-hydrogen) atoms. The molecule has 0 heterocycles. The maximum atomic E-state index is 10.9. The van der Waals surface area contributed by atoms with Gasteiger partial charge in [-0.3, -0.25) is 0 Å². The van der Waals surface area contributed by atoms with Crippen molar-refractivity contribution in [1.82, 2.24) is 0 Å². The molecule has 1 unspecified atom stereocenters. The Balaban J connectivity index is 2.95. The standard InChI is InChI=1S/C9H14AsNO3/c1-2-9(11)7-3-5-8(6-4-7)10(12,13)14/h3-6,9H,2,11H2,1H3,(H2,12,13,14). The van der Waals surface area contributed by atoms with Crippen molar-refractivity contribution in [2.75, 3.05) is 0 Å². The van der Waals surface area contributed by atoms with E-state index in [4.69, 9.17) is 13.9 Å². The Morgan fingerprint density at radius 1 is 1.36 bits per heavy atom. The first kappa shape index (κ1) is 11.5. The molecule has 0 amide bonds. The fourth-order valence-electron chi connectivity index (χ4n) is 1.15. The van der Waals surface area contributed by atoms with Crippen LogP contribution in [0.15, 0.2) is 24.3 Å². The van der Waals surface area contributed by atoms with E-state index in [-0.39, 0.29) is 10.4 Å². The minimum atomic E-state index is -4.72. The summed E-state index contributed by atoms with van der Waals surface area (Å²) in [6, 6.07) is 6.18. The normalized spacial score (nSPS) is 14.0. The summed E-state index contributed by atoms with van der Waals surface area (Å²) in [6.07, 6.45) is 0.806. The average Bonchev–Trinajstić information content (AvgIpc) is 2.15. The van der Waals surface area contributed by atoms with Gasteiger partial charge < -0.3 is 0 Å². The molecule has 0 spiro atoms. The first-order valence-electron chi connectivity index (χ1n) is 4.36. The van der Waals surface area contributed by atoms with Crippen molar-refractivity contribution in [2.45, 2.75) is 19.4 Å². The Labute approximate surface area is 85.8 Å². The molecular weight excluding hydrogens is 245 g/mol. The van der Waals surface area contributed by atoms with Crippen LogP contribution in [0.5, 0.6) is 0 Å². The van der Waals surface area contributed by atoms with Gasteiger partial charge in [0.25, 0.3) is 0 Å². The van der Waals surface area contributed by atoms with E-state index >= 15 is 0 Å². The molecule has 0 aromatic heterocycles. The van der Waals surface area contributed by atoms with Gasteiger partial charge in [0, 0.05) is 0 Å². The fraction of sp³-hybridized carbons (Fsp3) is 0.333. The van der Waals surface area contributed by atoms with Crippen LogP contribution in [0.1, 0.15) is 24.9 Å². The summed E-state index contributed by atoms with van der Waals surface area (Å²) >= 11 is -4.72. The van der Waals surface area contributed by atoms with Crippen LogP contribution in [0.4, 0.5) is 0 Å². The zero-order chi connectivity index (χ0) is 10.8. The second kappa shape index (κ2) is 4.32. The van der Waals surface area contributed by atoms with E-state index in [0.717, 1.165) is 12.0 Å². The summed E-state index contributed by atoms with van der Waals surface area (Å²) in [6.45, 7) is 1.96. The molecule has 0 saturated carbocycles. The summed E-state index contributed by atoms with van der Waals surface area (Å²) in [5.74, 6) is 0. The van der Waals surface area contributed by atoms with E-state index in [9.17, 15) is 3.74 Å². The third kappa shape index (κ3) is 2.72. The molecule has 1 atom stereocenters. The van der Waals surface area contributed by atoms with Gasteiger partial charge in [-0.2, -0.15) is 0 Å². The molecule has 0 aliphatic carbocycles. The predicted octanol–water partition coefficient (Wildman–Crippen LogP) is -0.343. The second-order valence-electron chi connectivity index (χ2n) is 3.15. The molecule has 0 radical (unpaired) electrons. The van der Waals surface area contributed by atoms with Gasteiger partial charge in [-0.25, -0.2) is 0 Å². The molecule has 0 fully saturated rings. The van der Waals surface area contributed by atoms with Crippen LogP contribution in [-0.2, 0) is 3.74 Å². The zero-order valence-corrected chi connectivity index (χ0v) is 9.80. The topological polar surface area (TPSA) is 83.6 Å². The van der Waals surface area contributed by atoms with Gasteiger partial charge >= 0.3 is 85.4 Å². The van der Waals surface area contributed by atoms with Crippen LogP contribution in [0, 0.1) is 0 Å².